The van der Waals surface area contributed by atoms with Gasteiger partial charge in [-0.2, -0.15) is 0 Å². The van der Waals surface area contributed by atoms with Crippen LogP contribution in [0.5, 0.6) is 0 Å². The van der Waals surface area contributed by atoms with E-state index in [-0.39, 0.29) is 15.8 Å². The lowest BCUT2D eigenvalue weighted by molar-refractivity contribution is 0.534. The Hall–Kier alpha value is -2.26. The topological polar surface area (TPSA) is 85.1 Å². The number of hydrogen-bond acceptors (Lipinski definition) is 6. The summed E-state index contributed by atoms with van der Waals surface area (Å²) in [5, 5.41) is 7.52. The molecule has 0 atom stereocenters. The van der Waals surface area contributed by atoms with E-state index in [0.717, 1.165) is 11.3 Å². The SMILES string of the molecule is Cc1nnc(-c2ccc(S(=O)(=O)Nc3ccccc3F)s2)o1. The second-order valence-electron chi connectivity index (χ2n) is 4.33. The molecule has 3 rings (SSSR count). The van der Waals surface area contributed by atoms with Gasteiger partial charge in [0.1, 0.15) is 10.0 Å². The molecular weight excluding hydrogens is 329 g/mol. The molecule has 0 spiro atoms. The molecule has 0 saturated carbocycles. The average molecular weight is 339 g/mol. The Kier molecular flexibility index (Phi) is 3.67. The van der Waals surface area contributed by atoms with Crippen LogP contribution in [0.2, 0.25) is 0 Å². The van der Waals surface area contributed by atoms with E-state index in [0.29, 0.717) is 10.8 Å². The molecule has 2 aromatic heterocycles. The molecule has 1 aromatic carbocycles. The lowest BCUT2D eigenvalue weighted by Gasteiger charge is -2.06. The number of aromatic nitrogens is 2. The van der Waals surface area contributed by atoms with E-state index in [4.69, 9.17) is 4.42 Å². The van der Waals surface area contributed by atoms with Crippen molar-refractivity contribution in [3.8, 4) is 10.8 Å². The van der Waals surface area contributed by atoms with Gasteiger partial charge in [-0.25, -0.2) is 12.8 Å². The maximum Gasteiger partial charge on any atom is 0.271 e. The molecule has 0 unspecified atom stereocenters. The fraction of sp³-hybridized carbons (Fsp3) is 0.0769. The molecular formula is C13H10FN3O3S2. The third kappa shape index (κ3) is 2.85. The van der Waals surface area contributed by atoms with Crippen molar-refractivity contribution in [1.29, 1.82) is 0 Å². The number of sulfonamides is 1. The Labute approximate surface area is 129 Å². The monoisotopic (exact) mass is 339 g/mol. The van der Waals surface area contributed by atoms with E-state index >= 15 is 0 Å². The number of para-hydroxylation sites is 1. The van der Waals surface area contributed by atoms with Gasteiger partial charge in [0.15, 0.2) is 0 Å². The largest absolute Gasteiger partial charge is 0.420 e. The molecule has 114 valence electrons. The minimum absolute atomic E-state index is 0.0293. The number of rotatable bonds is 4. The molecule has 6 nitrogen and oxygen atoms in total. The highest BCUT2D eigenvalue weighted by Crippen LogP contribution is 2.31. The van der Waals surface area contributed by atoms with Crippen LogP contribution in [-0.4, -0.2) is 18.6 Å². The van der Waals surface area contributed by atoms with Gasteiger partial charge in [-0.15, -0.1) is 21.5 Å². The summed E-state index contributed by atoms with van der Waals surface area (Å²) in [5.74, 6) is -0.0116. The molecule has 1 N–H and O–H groups in total. The first-order chi connectivity index (χ1) is 10.5. The molecule has 0 amide bonds. The van der Waals surface area contributed by atoms with Gasteiger partial charge in [0.2, 0.25) is 5.89 Å². The van der Waals surface area contributed by atoms with Crippen molar-refractivity contribution in [2.75, 3.05) is 4.72 Å². The predicted molar refractivity (Wildman–Crippen MR) is 79.6 cm³/mol. The van der Waals surface area contributed by atoms with Crippen molar-refractivity contribution in [3.63, 3.8) is 0 Å². The minimum atomic E-state index is -3.88. The van der Waals surface area contributed by atoms with E-state index < -0.39 is 15.8 Å². The van der Waals surface area contributed by atoms with Crippen LogP contribution in [0.4, 0.5) is 10.1 Å². The fourth-order valence-electron chi connectivity index (χ4n) is 1.71. The predicted octanol–water partition coefficient (Wildman–Crippen LogP) is 3.05. The normalized spacial score (nSPS) is 11.5. The summed E-state index contributed by atoms with van der Waals surface area (Å²) in [4.78, 5) is 0.523. The van der Waals surface area contributed by atoms with E-state index in [1.807, 2.05) is 0 Å². The molecule has 0 fully saturated rings. The maximum absolute atomic E-state index is 13.6. The zero-order chi connectivity index (χ0) is 15.7. The van der Waals surface area contributed by atoms with E-state index in [2.05, 4.69) is 14.9 Å². The number of anilines is 1. The Morgan fingerprint density at radius 2 is 1.95 bits per heavy atom. The summed E-state index contributed by atoms with van der Waals surface area (Å²) in [6, 6.07) is 8.52. The first-order valence-corrected chi connectivity index (χ1v) is 8.43. The molecule has 0 aliphatic heterocycles. The van der Waals surface area contributed by atoms with Crippen LogP contribution in [0.1, 0.15) is 5.89 Å². The lowest BCUT2D eigenvalue weighted by atomic mass is 10.3. The molecule has 22 heavy (non-hydrogen) atoms. The minimum Gasteiger partial charge on any atom is -0.420 e. The second kappa shape index (κ2) is 5.50. The first-order valence-electron chi connectivity index (χ1n) is 6.13. The highest BCUT2D eigenvalue weighted by Gasteiger charge is 2.20. The van der Waals surface area contributed by atoms with Crippen molar-refractivity contribution >= 4 is 27.0 Å². The smallest absolute Gasteiger partial charge is 0.271 e. The highest BCUT2D eigenvalue weighted by molar-refractivity contribution is 7.94. The molecule has 3 aromatic rings. The van der Waals surface area contributed by atoms with Crippen molar-refractivity contribution < 1.29 is 17.2 Å². The Bertz CT molecular complexity index is 918. The van der Waals surface area contributed by atoms with Gasteiger partial charge in [-0.1, -0.05) is 12.1 Å². The van der Waals surface area contributed by atoms with Crippen LogP contribution in [0.25, 0.3) is 10.8 Å². The standard InChI is InChI=1S/C13H10FN3O3S2/c1-8-15-16-13(20-8)11-6-7-12(21-11)22(18,19)17-10-5-3-2-4-9(10)14/h2-7,17H,1H3. The second-order valence-corrected chi connectivity index (χ2v) is 7.32. The summed E-state index contributed by atoms with van der Waals surface area (Å²) >= 11 is 0.962. The third-order valence-electron chi connectivity index (χ3n) is 2.70. The first kappa shape index (κ1) is 14.7. The number of thiophene rings is 1. The van der Waals surface area contributed by atoms with E-state index in [1.165, 1.54) is 24.3 Å². The highest BCUT2D eigenvalue weighted by atomic mass is 32.2. The molecule has 0 aliphatic rings. The summed E-state index contributed by atoms with van der Waals surface area (Å²) in [5.41, 5.74) is -0.105. The van der Waals surface area contributed by atoms with Gasteiger partial charge in [-0.3, -0.25) is 4.72 Å². The summed E-state index contributed by atoms with van der Waals surface area (Å²) in [6.07, 6.45) is 0. The summed E-state index contributed by atoms with van der Waals surface area (Å²) in [6.45, 7) is 1.64. The number of nitrogens with one attached hydrogen (secondary N) is 1. The number of halogens is 1. The molecule has 0 aliphatic carbocycles. The van der Waals surface area contributed by atoms with Gasteiger partial charge in [0, 0.05) is 6.92 Å². The molecule has 0 bridgehead atoms. The molecule has 0 saturated heterocycles. The van der Waals surface area contributed by atoms with Crippen LogP contribution in [0, 0.1) is 12.7 Å². The van der Waals surface area contributed by atoms with E-state index in [1.54, 1.807) is 19.1 Å². The van der Waals surface area contributed by atoms with Crippen molar-refractivity contribution in [2.45, 2.75) is 11.1 Å². The number of aryl methyl sites for hydroxylation is 1. The van der Waals surface area contributed by atoms with Crippen molar-refractivity contribution in [2.24, 2.45) is 0 Å². The Balaban J connectivity index is 1.90. The summed E-state index contributed by atoms with van der Waals surface area (Å²) in [7, 11) is -3.88. The maximum atomic E-state index is 13.6. The molecule has 9 heteroatoms. The van der Waals surface area contributed by atoms with Crippen LogP contribution in [0.15, 0.2) is 45.0 Å². The summed E-state index contributed by atoms with van der Waals surface area (Å²) < 4.78 is 45.6. The fourth-order valence-corrected chi connectivity index (χ4v) is 4.01. The molecule has 2 heterocycles. The van der Waals surface area contributed by atoms with Crippen molar-refractivity contribution in [3.05, 3.63) is 48.1 Å². The van der Waals surface area contributed by atoms with Crippen LogP contribution in [-0.2, 0) is 10.0 Å². The van der Waals surface area contributed by atoms with E-state index in [9.17, 15) is 12.8 Å². The number of benzene rings is 1. The lowest BCUT2D eigenvalue weighted by Crippen LogP contribution is -2.12. The number of hydrogen-bond donors (Lipinski definition) is 1. The van der Waals surface area contributed by atoms with Crippen LogP contribution in [0.3, 0.4) is 0 Å². The Morgan fingerprint density at radius 3 is 2.64 bits per heavy atom. The van der Waals surface area contributed by atoms with Crippen LogP contribution < -0.4 is 4.72 Å². The average Bonchev–Trinajstić information content (AvgIpc) is 3.10. The van der Waals surface area contributed by atoms with Gasteiger partial charge < -0.3 is 4.42 Å². The number of nitrogens with zero attached hydrogens (tertiary/aromatic N) is 2. The third-order valence-corrected chi connectivity index (χ3v) is 5.63. The van der Waals surface area contributed by atoms with Crippen molar-refractivity contribution in [1.82, 2.24) is 10.2 Å². The van der Waals surface area contributed by atoms with Gasteiger partial charge in [0.05, 0.1) is 10.6 Å². The van der Waals surface area contributed by atoms with Gasteiger partial charge in [0.25, 0.3) is 15.9 Å². The quantitative estimate of drug-likeness (QED) is 0.789. The van der Waals surface area contributed by atoms with Gasteiger partial charge >= 0.3 is 0 Å². The molecule has 0 radical (unpaired) electrons. The van der Waals surface area contributed by atoms with Gasteiger partial charge in [-0.05, 0) is 24.3 Å². The Morgan fingerprint density at radius 1 is 1.18 bits per heavy atom. The zero-order valence-corrected chi connectivity index (χ0v) is 12.9. The van der Waals surface area contributed by atoms with Crippen LogP contribution >= 0.6 is 11.3 Å². The zero-order valence-electron chi connectivity index (χ0n) is 11.3.